The van der Waals surface area contributed by atoms with Crippen LogP contribution < -0.4 is 0 Å². The molecule has 1 aliphatic heterocycles. The number of hydrogen-bond donors (Lipinski definition) is 1. The SMILES string of the molecule is Cc1cc(C(O)CC2CCOCC2)ccc1F. The fourth-order valence-corrected chi connectivity index (χ4v) is 2.31. The van der Waals surface area contributed by atoms with Gasteiger partial charge in [0.05, 0.1) is 6.10 Å². The van der Waals surface area contributed by atoms with Gasteiger partial charge in [0.2, 0.25) is 0 Å². The number of aryl methyl sites for hydroxylation is 1. The lowest BCUT2D eigenvalue weighted by atomic mass is 9.90. The summed E-state index contributed by atoms with van der Waals surface area (Å²) in [6.45, 7) is 3.31. The zero-order valence-corrected chi connectivity index (χ0v) is 10.2. The summed E-state index contributed by atoms with van der Waals surface area (Å²) >= 11 is 0. The molecule has 0 saturated carbocycles. The van der Waals surface area contributed by atoms with Crippen LogP contribution in [0.2, 0.25) is 0 Å². The third-order valence-corrected chi connectivity index (χ3v) is 3.46. The molecule has 0 aromatic heterocycles. The summed E-state index contributed by atoms with van der Waals surface area (Å²) in [6.07, 6.45) is 2.28. The minimum Gasteiger partial charge on any atom is -0.388 e. The quantitative estimate of drug-likeness (QED) is 0.877. The number of ether oxygens (including phenoxy) is 1. The van der Waals surface area contributed by atoms with Crippen LogP contribution in [-0.2, 0) is 4.74 Å². The number of aliphatic hydroxyl groups excluding tert-OH is 1. The van der Waals surface area contributed by atoms with Crippen LogP contribution in [0.4, 0.5) is 4.39 Å². The number of halogens is 1. The molecular weight excluding hydrogens is 219 g/mol. The van der Waals surface area contributed by atoms with E-state index in [1.807, 2.05) is 0 Å². The van der Waals surface area contributed by atoms with Gasteiger partial charge in [-0.2, -0.15) is 0 Å². The molecule has 2 rings (SSSR count). The minimum atomic E-state index is -0.489. The molecule has 1 aliphatic rings. The van der Waals surface area contributed by atoms with Crippen LogP contribution in [0.3, 0.4) is 0 Å². The lowest BCUT2D eigenvalue weighted by Gasteiger charge is -2.24. The summed E-state index contributed by atoms with van der Waals surface area (Å²) < 4.78 is 18.4. The molecule has 1 aromatic rings. The van der Waals surface area contributed by atoms with E-state index in [1.165, 1.54) is 6.07 Å². The molecule has 3 heteroatoms. The van der Waals surface area contributed by atoms with Crippen molar-refractivity contribution in [3.05, 3.63) is 35.1 Å². The van der Waals surface area contributed by atoms with E-state index in [0.29, 0.717) is 11.5 Å². The Bertz CT molecular complexity index is 372. The fraction of sp³-hybridized carbons (Fsp3) is 0.571. The monoisotopic (exact) mass is 238 g/mol. The van der Waals surface area contributed by atoms with Gasteiger partial charge < -0.3 is 9.84 Å². The molecule has 1 atom stereocenters. The van der Waals surface area contributed by atoms with Gasteiger partial charge in [0, 0.05) is 13.2 Å². The minimum absolute atomic E-state index is 0.216. The van der Waals surface area contributed by atoms with Crippen LogP contribution in [0.1, 0.15) is 36.5 Å². The third kappa shape index (κ3) is 3.27. The van der Waals surface area contributed by atoms with Crippen LogP contribution in [0.25, 0.3) is 0 Å². The molecule has 0 bridgehead atoms. The molecule has 94 valence electrons. The molecule has 17 heavy (non-hydrogen) atoms. The van der Waals surface area contributed by atoms with E-state index in [4.69, 9.17) is 4.74 Å². The second-order valence-corrected chi connectivity index (χ2v) is 4.82. The van der Waals surface area contributed by atoms with Gasteiger partial charge in [0.15, 0.2) is 0 Å². The van der Waals surface area contributed by atoms with E-state index in [1.54, 1.807) is 19.1 Å². The Balaban J connectivity index is 1.98. The lowest BCUT2D eigenvalue weighted by Crippen LogP contribution is -2.18. The van der Waals surface area contributed by atoms with Crippen molar-refractivity contribution in [2.75, 3.05) is 13.2 Å². The van der Waals surface area contributed by atoms with Gasteiger partial charge in [0.25, 0.3) is 0 Å². The van der Waals surface area contributed by atoms with Crippen molar-refractivity contribution in [2.45, 2.75) is 32.3 Å². The van der Waals surface area contributed by atoms with E-state index in [0.717, 1.165) is 38.0 Å². The predicted octanol–water partition coefficient (Wildman–Crippen LogP) is 2.98. The standard InChI is InChI=1S/C14H19FO2/c1-10-8-12(2-3-13(10)15)14(16)9-11-4-6-17-7-5-11/h2-3,8,11,14,16H,4-7,9H2,1H3. The zero-order valence-electron chi connectivity index (χ0n) is 10.2. The van der Waals surface area contributed by atoms with Gasteiger partial charge in [-0.05, 0) is 49.3 Å². The summed E-state index contributed by atoms with van der Waals surface area (Å²) in [4.78, 5) is 0. The van der Waals surface area contributed by atoms with Crippen LogP contribution in [-0.4, -0.2) is 18.3 Å². The first-order chi connectivity index (χ1) is 8.16. The van der Waals surface area contributed by atoms with Crippen LogP contribution in [0, 0.1) is 18.7 Å². The molecule has 0 aliphatic carbocycles. The van der Waals surface area contributed by atoms with E-state index >= 15 is 0 Å². The molecule has 1 saturated heterocycles. The first kappa shape index (κ1) is 12.5. The van der Waals surface area contributed by atoms with Crippen molar-refractivity contribution < 1.29 is 14.2 Å². The molecule has 1 unspecified atom stereocenters. The Morgan fingerprint density at radius 2 is 2.12 bits per heavy atom. The highest BCUT2D eigenvalue weighted by molar-refractivity contribution is 5.25. The first-order valence-electron chi connectivity index (χ1n) is 6.18. The van der Waals surface area contributed by atoms with Crippen molar-refractivity contribution in [2.24, 2.45) is 5.92 Å². The Labute approximate surface area is 101 Å². The number of hydrogen-bond acceptors (Lipinski definition) is 2. The molecule has 0 radical (unpaired) electrons. The lowest BCUT2D eigenvalue weighted by molar-refractivity contribution is 0.0435. The Kier molecular flexibility index (Phi) is 4.13. The number of rotatable bonds is 3. The normalized spacial score (nSPS) is 19.2. The molecule has 1 N–H and O–H groups in total. The van der Waals surface area contributed by atoms with Crippen molar-refractivity contribution in [3.8, 4) is 0 Å². The molecule has 0 amide bonds. The summed E-state index contributed by atoms with van der Waals surface area (Å²) in [5.74, 6) is 0.302. The Morgan fingerprint density at radius 1 is 1.41 bits per heavy atom. The van der Waals surface area contributed by atoms with Gasteiger partial charge in [-0.25, -0.2) is 4.39 Å². The molecule has 1 aromatic carbocycles. The molecule has 1 fully saturated rings. The first-order valence-corrected chi connectivity index (χ1v) is 6.18. The maximum absolute atomic E-state index is 13.1. The number of aliphatic hydroxyl groups is 1. The van der Waals surface area contributed by atoms with E-state index in [-0.39, 0.29) is 5.82 Å². The summed E-state index contributed by atoms with van der Waals surface area (Å²) in [5.41, 5.74) is 1.41. The maximum atomic E-state index is 13.1. The van der Waals surface area contributed by atoms with Gasteiger partial charge in [0.1, 0.15) is 5.82 Å². The Morgan fingerprint density at radius 3 is 2.76 bits per heavy atom. The van der Waals surface area contributed by atoms with Gasteiger partial charge in [-0.15, -0.1) is 0 Å². The summed E-state index contributed by atoms with van der Waals surface area (Å²) in [5, 5.41) is 10.1. The summed E-state index contributed by atoms with van der Waals surface area (Å²) in [6, 6.07) is 4.84. The number of benzene rings is 1. The Hall–Kier alpha value is -0.930. The van der Waals surface area contributed by atoms with Gasteiger partial charge >= 0.3 is 0 Å². The van der Waals surface area contributed by atoms with Crippen molar-refractivity contribution >= 4 is 0 Å². The smallest absolute Gasteiger partial charge is 0.126 e. The molecular formula is C14H19FO2. The average molecular weight is 238 g/mol. The second-order valence-electron chi connectivity index (χ2n) is 4.82. The molecule has 2 nitrogen and oxygen atoms in total. The average Bonchev–Trinajstić information content (AvgIpc) is 2.34. The van der Waals surface area contributed by atoms with Gasteiger partial charge in [-0.1, -0.05) is 12.1 Å². The maximum Gasteiger partial charge on any atom is 0.126 e. The summed E-state index contributed by atoms with van der Waals surface area (Å²) in [7, 11) is 0. The van der Waals surface area contributed by atoms with Crippen LogP contribution in [0.5, 0.6) is 0 Å². The second kappa shape index (κ2) is 5.61. The molecule has 0 spiro atoms. The predicted molar refractivity (Wildman–Crippen MR) is 64.3 cm³/mol. The van der Waals surface area contributed by atoms with Crippen molar-refractivity contribution in [3.63, 3.8) is 0 Å². The van der Waals surface area contributed by atoms with Crippen LogP contribution in [0.15, 0.2) is 18.2 Å². The zero-order chi connectivity index (χ0) is 12.3. The van der Waals surface area contributed by atoms with Crippen LogP contribution >= 0.6 is 0 Å². The van der Waals surface area contributed by atoms with Crippen molar-refractivity contribution in [1.82, 2.24) is 0 Å². The van der Waals surface area contributed by atoms with E-state index < -0.39 is 6.10 Å². The highest BCUT2D eigenvalue weighted by Crippen LogP contribution is 2.28. The van der Waals surface area contributed by atoms with Crippen molar-refractivity contribution in [1.29, 1.82) is 0 Å². The highest BCUT2D eigenvalue weighted by atomic mass is 19.1. The fourth-order valence-electron chi connectivity index (χ4n) is 2.31. The van der Waals surface area contributed by atoms with E-state index in [2.05, 4.69) is 0 Å². The largest absolute Gasteiger partial charge is 0.388 e. The van der Waals surface area contributed by atoms with E-state index in [9.17, 15) is 9.50 Å². The van der Waals surface area contributed by atoms with Gasteiger partial charge in [-0.3, -0.25) is 0 Å². The molecule has 1 heterocycles. The topological polar surface area (TPSA) is 29.5 Å². The highest BCUT2D eigenvalue weighted by Gasteiger charge is 2.19. The third-order valence-electron chi connectivity index (χ3n) is 3.46.